The minimum Gasteiger partial charge on any atom is -0.496 e. The fourth-order valence-corrected chi connectivity index (χ4v) is 2.57. The van der Waals surface area contributed by atoms with Crippen LogP contribution in [0.15, 0.2) is 42.5 Å². The summed E-state index contributed by atoms with van der Waals surface area (Å²) < 4.78 is 11.5. The lowest BCUT2D eigenvalue weighted by atomic mass is 10.0. The van der Waals surface area contributed by atoms with E-state index in [1.165, 1.54) is 24.0 Å². The van der Waals surface area contributed by atoms with Crippen molar-refractivity contribution in [3.63, 3.8) is 0 Å². The van der Waals surface area contributed by atoms with Gasteiger partial charge in [0.05, 0.1) is 7.11 Å². The third kappa shape index (κ3) is 2.64. The average molecular weight is 268 g/mol. The van der Waals surface area contributed by atoms with Crippen LogP contribution in [0.5, 0.6) is 11.5 Å². The molecule has 0 radical (unpaired) electrons. The summed E-state index contributed by atoms with van der Waals surface area (Å²) >= 11 is 0. The maximum atomic E-state index is 6.00. The van der Waals surface area contributed by atoms with Crippen molar-refractivity contribution in [2.75, 3.05) is 7.11 Å². The Hall–Kier alpha value is -1.96. The molecule has 0 saturated heterocycles. The number of para-hydroxylation sites is 1. The van der Waals surface area contributed by atoms with Gasteiger partial charge >= 0.3 is 0 Å². The lowest BCUT2D eigenvalue weighted by molar-refractivity contribution is 0.293. The summed E-state index contributed by atoms with van der Waals surface area (Å²) in [5.41, 5.74) is 3.74. The molecule has 0 aromatic heterocycles. The van der Waals surface area contributed by atoms with Crippen molar-refractivity contribution in [1.29, 1.82) is 0 Å². The maximum Gasteiger partial charge on any atom is 0.125 e. The number of methoxy groups -OCH3 is 1. The van der Waals surface area contributed by atoms with Crippen molar-refractivity contribution >= 4 is 0 Å². The van der Waals surface area contributed by atoms with Gasteiger partial charge in [-0.2, -0.15) is 0 Å². The summed E-state index contributed by atoms with van der Waals surface area (Å²) in [6.45, 7) is 2.64. The molecule has 0 atom stereocenters. The van der Waals surface area contributed by atoms with E-state index in [2.05, 4.69) is 25.1 Å². The SMILES string of the molecule is COc1cccc(C2CC2)c1COc1ccccc1C. The van der Waals surface area contributed by atoms with Crippen LogP contribution in [-0.4, -0.2) is 7.11 Å². The van der Waals surface area contributed by atoms with Gasteiger partial charge in [0.1, 0.15) is 18.1 Å². The molecule has 0 amide bonds. The van der Waals surface area contributed by atoms with Gasteiger partial charge in [-0.1, -0.05) is 30.3 Å². The Labute approximate surface area is 120 Å². The van der Waals surface area contributed by atoms with Gasteiger partial charge in [0.15, 0.2) is 0 Å². The fourth-order valence-electron chi connectivity index (χ4n) is 2.57. The molecule has 0 aliphatic heterocycles. The predicted octanol–water partition coefficient (Wildman–Crippen LogP) is 4.46. The summed E-state index contributed by atoms with van der Waals surface area (Å²) in [6.07, 6.45) is 2.56. The van der Waals surface area contributed by atoms with Crippen molar-refractivity contribution in [3.05, 3.63) is 59.2 Å². The van der Waals surface area contributed by atoms with Crippen LogP contribution in [0.4, 0.5) is 0 Å². The maximum absolute atomic E-state index is 6.00. The van der Waals surface area contributed by atoms with E-state index in [0.717, 1.165) is 17.1 Å². The molecule has 0 N–H and O–H groups in total. The second-order valence-corrected chi connectivity index (χ2v) is 5.36. The van der Waals surface area contributed by atoms with Crippen LogP contribution in [-0.2, 0) is 6.61 Å². The highest BCUT2D eigenvalue weighted by atomic mass is 16.5. The fraction of sp³-hybridized carbons (Fsp3) is 0.333. The third-order valence-electron chi connectivity index (χ3n) is 3.87. The molecule has 2 aromatic rings. The molecule has 1 aliphatic rings. The number of benzene rings is 2. The molecular formula is C18H20O2. The van der Waals surface area contributed by atoms with E-state index in [-0.39, 0.29) is 0 Å². The molecule has 1 fully saturated rings. The lowest BCUT2D eigenvalue weighted by Gasteiger charge is -2.15. The predicted molar refractivity (Wildman–Crippen MR) is 80.5 cm³/mol. The molecule has 0 unspecified atom stereocenters. The number of rotatable bonds is 5. The van der Waals surface area contributed by atoms with Gasteiger partial charge in [0.2, 0.25) is 0 Å². The van der Waals surface area contributed by atoms with Gasteiger partial charge < -0.3 is 9.47 Å². The van der Waals surface area contributed by atoms with Crippen LogP contribution in [0.25, 0.3) is 0 Å². The molecule has 0 heterocycles. The van der Waals surface area contributed by atoms with E-state index in [9.17, 15) is 0 Å². The highest BCUT2D eigenvalue weighted by Crippen LogP contribution is 2.43. The zero-order valence-electron chi connectivity index (χ0n) is 12.1. The van der Waals surface area contributed by atoms with E-state index >= 15 is 0 Å². The smallest absolute Gasteiger partial charge is 0.125 e. The molecule has 2 heteroatoms. The highest BCUT2D eigenvalue weighted by Gasteiger charge is 2.27. The largest absolute Gasteiger partial charge is 0.496 e. The molecule has 2 nitrogen and oxygen atoms in total. The van der Waals surface area contributed by atoms with Gasteiger partial charge in [-0.15, -0.1) is 0 Å². The second-order valence-electron chi connectivity index (χ2n) is 5.36. The molecule has 0 spiro atoms. The summed E-state index contributed by atoms with van der Waals surface area (Å²) in [6, 6.07) is 14.4. The van der Waals surface area contributed by atoms with Crippen LogP contribution in [0, 0.1) is 6.92 Å². The number of aryl methyl sites for hydroxylation is 1. The standard InChI is InChI=1S/C18H20O2/c1-13-6-3-4-8-17(13)20-12-16-15(14-10-11-14)7-5-9-18(16)19-2/h3-9,14H,10-12H2,1-2H3. The molecule has 0 bridgehead atoms. The average Bonchev–Trinajstić information content (AvgIpc) is 3.30. The quantitative estimate of drug-likeness (QED) is 0.797. The molecular weight excluding hydrogens is 248 g/mol. The van der Waals surface area contributed by atoms with Crippen LogP contribution < -0.4 is 9.47 Å². The van der Waals surface area contributed by atoms with E-state index in [1.807, 2.05) is 24.3 Å². The summed E-state index contributed by atoms with van der Waals surface area (Å²) in [5, 5.41) is 0. The molecule has 1 aliphatic carbocycles. The summed E-state index contributed by atoms with van der Waals surface area (Å²) in [5.74, 6) is 2.57. The lowest BCUT2D eigenvalue weighted by Crippen LogP contribution is -2.03. The molecule has 20 heavy (non-hydrogen) atoms. The van der Waals surface area contributed by atoms with Crippen LogP contribution >= 0.6 is 0 Å². The normalized spacial score (nSPS) is 14.1. The zero-order chi connectivity index (χ0) is 13.9. The van der Waals surface area contributed by atoms with E-state index in [0.29, 0.717) is 12.5 Å². The number of hydrogen-bond acceptors (Lipinski definition) is 2. The van der Waals surface area contributed by atoms with Gasteiger partial charge in [-0.25, -0.2) is 0 Å². The van der Waals surface area contributed by atoms with Crippen LogP contribution in [0.3, 0.4) is 0 Å². The topological polar surface area (TPSA) is 18.5 Å². The Morgan fingerprint density at radius 1 is 1.00 bits per heavy atom. The van der Waals surface area contributed by atoms with Crippen molar-refractivity contribution in [2.24, 2.45) is 0 Å². The van der Waals surface area contributed by atoms with Crippen LogP contribution in [0.2, 0.25) is 0 Å². The van der Waals surface area contributed by atoms with Gasteiger partial charge in [0.25, 0.3) is 0 Å². The summed E-state index contributed by atoms with van der Waals surface area (Å²) in [7, 11) is 1.73. The number of ether oxygens (including phenoxy) is 2. The first kappa shape index (κ1) is 13.0. The molecule has 3 rings (SSSR count). The van der Waals surface area contributed by atoms with Crippen molar-refractivity contribution in [3.8, 4) is 11.5 Å². The minimum atomic E-state index is 0.570. The Morgan fingerprint density at radius 2 is 1.75 bits per heavy atom. The van der Waals surface area contributed by atoms with Gasteiger partial charge in [-0.05, 0) is 48.9 Å². The first-order valence-electron chi connectivity index (χ1n) is 7.14. The van der Waals surface area contributed by atoms with E-state index in [4.69, 9.17) is 9.47 Å². The monoisotopic (exact) mass is 268 g/mol. The third-order valence-corrected chi connectivity index (χ3v) is 3.87. The second kappa shape index (κ2) is 5.58. The molecule has 2 aromatic carbocycles. The Balaban J connectivity index is 1.84. The number of hydrogen-bond donors (Lipinski definition) is 0. The molecule has 104 valence electrons. The Bertz CT molecular complexity index is 600. The van der Waals surface area contributed by atoms with Gasteiger partial charge in [-0.3, -0.25) is 0 Å². The Kier molecular flexibility index (Phi) is 3.64. The summed E-state index contributed by atoms with van der Waals surface area (Å²) in [4.78, 5) is 0. The van der Waals surface area contributed by atoms with Crippen molar-refractivity contribution in [1.82, 2.24) is 0 Å². The zero-order valence-corrected chi connectivity index (χ0v) is 12.1. The Morgan fingerprint density at radius 3 is 2.45 bits per heavy atom. The first-order chi connectivity index (χ1) is 9.79. The molecule has 1 saturated carbocycles. The van der Waals surface area contributed by atoms with Crippen LogP contribution in [0.1, 0.15) is 35.4 Å². The minimum absolute atomic E-state index is 0.570. The highest BCUT2D eigenvalue weighted by molar-refractivity contribution is 5.44. The van der Waals surface area contributed by atoms with E-state index < -0.39 is 0 Å². The van der Waals surface area contributed by atoms with E-state index in [1.54, 1.807) is 7.11 Å². The first-order valence-corrected chi connectivity index (χ1v) is 7.14. The van der Waals surface area contributed by atoms with Gasteiger partial charge in [0, 0.05) is 5.56 Å². The van der Waals surface area contributed by atoms with Crippen molar-refractivity contribution in [2.45, 2.75) is 32.3 Å². The van der Waals surface area contributed by atoms with Crippen molar-refractivity contribution < 1.29 is 9.47 Å².